The zero-order chi connectivity index (χ0) is 26.4. The van der Waals surface area contributed by atoms with E-state index in [0.717, 1.165) is 47.8 Å². The summed E-state index contributed by atoms with van der Waals surface area (Å²) >= 11 is 0. The Morgan fingerprint density at radius 1 is 0.833 bits per heavy atom. The van der Waals surface area contributed by atoms with Crippen molar-refractivity contribution in [3.05, 3.63) is 59.2 Å². The second-order valence-electron chi connectivity index (χ2n) is 9.41. The number of aromatic nitrogens is 4. The predicted molar refractivity (Wildman–Crippen MR) is 142 cm³/mol. The van der Waals surface area contributed by atoms with Crippen molar-refractivity contribution in [3.8, 4) is 0 Å². The molecule has 4 aromatic rings. The smallest absolute Gasteiger partial charge is 0.419 e. The highest BCUT2D eigenvalue weighted by Gasteiger charge is 2.13. The summed E-state index contributed by atoms with van der Waals surface area (Å²) in [5.74, 6) is 0.579. The third-order valence-electron chi connectivity index (χ3n) is 6.18. The van der Waals surface area contributed by atoms with Gasteiger partial charge in [0.15, 0.2) is 0 Å². The van der Waals surface area contributed by atoms with Gasteiger partial charge >= 0.3 is 12.2 Å². The van der Waals surface area contributed by atoms with E-state index in [0.29, 0.717) is 5.92 Å². The number of imidazole rings is 2. The fourth-order valence-corrected chi connectivity index (χ4v) is 4.19. The Labute approximate surface area is 212 Å². The van der Waals surface area contributed by atoms with Crippen molar-refractivity contribution in [2.45, 2.75) is 60.3 Å². The molecule has 0 aliphatic rings. The predicted octanol–water partition coefficient (Wildman–Crippen LogP) is 6.46. The number of unbranched alkanes of at least 4 members (excludes halogenated alkanes) is 1. The highest BCUT2D eigenvalue weighted by atomic mass is 16.5. The Kier molecular flexibility index (Phi) is 8.85. The van der Waals surface area contributed by atoms with Crippen LogP contribution in [0.1, 0.15) is 55.9 Å². The van der Waals surface area contributed by atoms with E-state index in [-0.39, 0.29) is 0 Å². The number of fused-ring (bicyclic) bond motifs is 2. The topological polar surface area (TPSA) is 88.2 Å². The number of hydrogen-bond donors (Lipinski definition) is 0. The summed E-state index contributed by atoms with van der Waals surface area (Å²) in [5.41, 5.74) is 8.25. The molecule has 0 bridgehead atoms. The maximum Gasteiger partial charge on any atom is 0.419 e. The first-order chi connectivity index (χ1) is 17.2. The molecule has 0 saturated carbocycles. The van der Waals surface area contributed by atoms with Crippen LogP contribution in [0, 0.1) is 19.8 Å². The summed E-state index contributed by atoms with van der Waals surface area (Å²) in [6.07, 6.45) is 6.56. The average Bonchev–Trinajstić information content (AvgIpc) is 3.45. The lowest BCUT2D eigenvalue weighted by atomic mass is 9.98. The van der Waals surface area contributed by atoms with Crippen LogP contribution in [-0.4, -0.2) is 45.5 Å². The molecule has 0 N–H and O–H groups in total. The van der Waals surface area contributed by atoms with Crippen molar-refractivity contribution < 1.29 is 19.1 Å². The number of methoxy groups -OCH3 is 2. The molecule has 36 heavy (non-hydrogen) atoms. The van der Waals surface area contributed by atoms with E-state index >= 15 is 0 Å². The summed E-state index contributed by atoms with van der Waals surface area (Å²) in [6.45, 7) is 10.7. The fourth-order valence-electron chi connectivity index (χ4n) is 4.19. The molecule has 0 atom stereocenters. The normalized spacial score (nSPS) is 11.0. The van der Waals surface area contributed by atoms with Gasteiger partial charge in [-0.3, -0.25) is 0 Å². The number of hydrogen-bond acceptors (Lipinski definition) is 6. The number of carbonyl (C=O) groups is 2. The molecule has 0 saturated heterocycles. The molecular formula is C28H36N4O4. The first-order valence-corrected chi connectivity index (χ1v) is 12.3. The molecule has 8 heteroatoms. The minimum atomic E-state index is -0.406. The van der Waals surface area contributed by atoms with E-state index in [2.05, 4.69) is 44.6 Å². The third kappa shape index (κ3) is 5.93. The number of aryl methyl sites for hydroxylation is 3. The van der Waals surface area contributed by atoms with E-state index in [1.165, 1.54) is 58.3 Å². The number of benzene rings is 2. The van der Waals surface area contributed by atoms with Crippen LogP contribution in [0.2, 0.25) is 0 Å². The van der Waals surface area contributed by atoms with Crippen LogP contribution < -0.4 is 0 Å². The molecule has 0 radical (unpaired) electrons. The van der Waals surface area contributed by atoms with Crippen molar-refractivity contribution in [1.29, 1.82) is 0 Å². The third-order valence-corrected chi connectivity index (χ3v) is 6.18. The first kappa shape index (κ1) is 26.9. The molecule has 0 aliphatic heterocycles. The number of rotatable bonds is 5. The lowest BCUT2D eigenvalue weighted by molar-refractivity contribution is 0.173. The van der Waals surface area contributed by atoms with Gasteiger partial charge in [0, 0.05) is 0 Å². The maximum absolute atomic E-state index is 11.6. The first-order valence-electron chi connectivity index (χ1n) is 12.3. The van der Waals surface area contributed by atoms with E-state index in [1.807, 2.05) is 24.3 Å². The quantitative estimate of drug-likeness (QED) is 0.318. The minimum Gasteiger partial charge on any atom is -0.452 e. The van der Waals surface area contributed by atoms with Crippen LogP contribution >= 0.6 is 0 Å². The summed E-state index contributed by atoms with van der Waals surface area (Å²) < 4.78 is 12.4. The molecule has 0 spiro atoms. The fraction of sp³-hybridized carbons (Fsp3) is 0.429. The summed E-state index contributed by atoms with van der Waals surface area (Å²) in [4.78, 5) is 31.7. The van der Waals surface area contributed by atoms with Gasteiger partial charge in [0.1, 0.15) is 12.7 Å². The Hall–Kier alpha value is -3.68. The number of nitrogens with zero attached hydrogens (tertiary/aromatic N) is 4. The van der Waals surface area contributed by atoms with Crippen LogP contribution in [0.3, 0.4) is 0 Å². The molecule has 4 rings (SSSR count). The molecule has 2 aromatic carbocycles. The van der Waals surface area contributed by atoms with Crippen molar-refractivity contribution in [2.75, 3.05) is 14.2 Å². The largest absolute Gasteiger partial charge is 0.452 e. The average molecular weight is 493 g/mol. The Morgan fingerprint density at radius 3 is 1.75 bits per heavy atom. The molecule has 0 amide bonds. The molecule has 192 valence electrons. The molecular weight excluding hydrogens is 456 g/mol. The highest BCUT2D eigenvalue weighted by molar-refractivity contribution is 5.88. The zero-order valence-electron chi connectivity index (χ0n) is 22.3. The second-order valence-corrected chi connectivity index (χ2v) is 9.41. The molecule has 8 nitrogen and oxygen atoms in total. The monoisotopic (exact) mass is 492 g/mol. The summed E-state index contributed by atoms with van der Waals surface area (Å²) in [6, 6.07) is 8.13. The number of carbonyl (C=O) groups excluding carboxylic acids is 2. The lowest BCUT2D eigenvalue weighted by Gasteiger charge is -2.09. The van der Waals surface area contributed by atoms with Crippen LogP contribution in [0.25, 0.3) is 22.1 Å². The van der Waals surface area contributed by atoms with Gasteiger partial charge < -0.3 is 9.47 Å². The van der Waals surface area contributed by atoms with Crippen LogP contribution in [0.5, 0.6) is 0 Å². The SMILES string of the molecule is CCCCc1cc2c(cc1C)ncn2C(=O)OC.COC(=O)n1cnc2cc(C)c(CC(C)C)cc21. The van der Waals surface area contributed by atoms with Gasteiger partial charge in [-0.2, -0.15) is 0 Å². The van der Waals surface area contributed by atoms with Crippen molar-refractivity contribution in [1.82, 2.24) is 19.1 Å². The van der Waals surface area contributed by atoms with Crippen LogP contribution in [0.4, 0.5) is 9.59 Å². The zero-order valence-corrected chi connectivity index (χ0v) is 22.3. The van der Waals surface area contributed by atoms with Crippen LogP contribution in [-0.2, 0) is 22.3 Å². The van der Waals surface area contributed by atoms with Gasteiger partial charge in [-0.25, -0.2) is 28.7 Å². The second kappa shape index (κ2) is 11.8. The van der Waals surface area contributed by atoms with Crippen molar-refractivity contribution in [3.63, 3.8) is 0 Å². The minimum absolute atomic E-state index is 0.400. The van der Waals surface area contributed by atoms with Gasteiger partial charge in [-0.1, -0.05) is 27.2 Å². The van der Waals surface area contributed by atoms with E-state index in [4.69, 9.17) is 9.47 Å². The summed E-state index contributed by atoms with van der Waals surface area (Å²) in [7, 11) is 2.75. The van der Waals surface area contributed by atoms with E-state index in [9.17, 15) is 9.59 Å². The molecule has 0 unspecified atom stereocenters. The van der Waals surface area contributed by atoms with E-state index in [1.54, 1.807) is 0 Å². The summed E-state index contributed by atoms with van der Waals surface area (Å²) in [5, 5.41) is 0. The van der Waals surface area contributed by atoms with Gasteiger partial charge in [0.25, 0.3) is 0 Å². The van der Waals surface area contributed by atoms with Crippen molar-refractivity contribution >= 4 is 34.3 Å². The van der Waals surface area contributed by atoms with Gasteiger partial charge in [-0.15, -0.1) is 0 Å². The number of ether oxygens (including phenoxy) is 2. The van der Waals surface area contributed by atoms with E-state index < -0.39 is 12.2 Å². The molecule has 2 heterocycles. The Balaban J connectivity index is 0.000000201. The van der Waals surface area contributed by atoms with Gasteiger partial charge in [0.05, 0.1) is 36.3 Å². The molecule has 2 aromatic heterocycles. The highest BCUT2D eigenvalue weighted by Crippen LogP contribution is 2.22. The molecule has 0 aliphatic carbocycles. The van der Waals surface area contributed by atoms with Gasteiger partial charge in [0.2, 0.25) is 0 Å². The van der Waals surface area contributed by atoms with Crippen molar-refractivity contribution in [2.24, 2.45) is 5.92 Å². The van der Waals surface area contributed by atoms with Crippen LogP contribution in [0.15, 0.2) is 36.9 Å². The molecule has 0 fully saturated rings. The maximum atomic E-state index is 11.6. The lowest BCUT2D eigenvalue weighted by Crippen LogP contribution is -2.10. The van der Waals surface area contributed by atoms with Gasteiger partial charge in [-0.05, 0) is 85.5 Å². The Morgan fingerprint density at radius 2 is 1.31 bits per heavy atom. The Bertz CT molecular complexity index is 1370. The standard InChI is InChI=1S/2C14H18N2O2/c1-9(2)5-11-7-13-12(6-10(11)3)15-8-16(13)14(17)18-4;1-4-5-6-11-8-13-12(7-10(11)2)15-9-16(13)14(17)18-3/h6-9H,5H2,1-4H3;7-9H,4-6H2,1-3H3.